The number of benzene rings is 2. The van der Waals surface area contributed by atoms with Gasteiger partial charge >= 0.3 is 0 Å². The van der Waals surface area contributed by atoms with Crippen molar-refractivity contribution in [3.8, 4) is 0 Å². The number of hydrogen-bond donors (Lipinski definition) is 1. The van der Waals surface area contributed by atoms with Crippen molar-refractivity contribution in [1.82, 2.24) is 20.3 Å². The summed E-state index contributed by atoms with van der Waals surface area (Å²) in [4.78, 5) is 12.2. The molecule has 1 amide bonds. The molecule has 6 heteroatoms. The predicted octanol–water partition coefficient (Wildman–Crippen LogP) is 2.57. The Morgan fingerprint density at radius 1 is 1.08 bits per heavy atom. The first-order valence-corrected chi connectivity index (χ1v) is 7.73. The maximum atomic E-state index is 12.2. The van der Waals surface area contributed by atoms with Crippen LogP contribution < -0.4 is 5.32 Å². The summed E-state index contributed by atoms with van der Waals surface area (Å²) < 4.78 is 7.05. The fourth-order valence-corrected chi connectivity index (χ4v) is 2.88. The van der Waals surface area contributed by atoms with Gasteiger partial charge in [-0.2, -0.15) is 5.10 Å². The molecule has 0 bridgehead atoms. The third-order valence-corrected chi connectivity index (χ3v) is 4.07. The Balaban J connectivity index is 1.48. The summed E-state index contributed by atoms with van der Waals surface area (Å²) >= 11 is 0. The number of para-hydroxylation sites is 2. The second-order valence-corrected chi connectivity index (χ2v) is 5.67. The molecule has 0 aliphatic rings. The molecule has 1 N–H and O–H groups in total. The molecule has 4 aromatic rings. The third kappa shape index (κ3) is 2.52. The number of hydrogen-bond acceptors (Lipinski definition) is 4. The van der Waals surface area contributed by atoms with Crippen LogP contribution in [-0.4, -0.2) is 20.8 Å². The van der Waals surface area contributed by atoms with E-state index in [-0.39, 0.29) is 12.3 Å². The summed E-state index contributed by atoms with van der Waals surface area (Å²) in [5, 5.41) is 13.3. The Bertz CT molecular complexity index is 1030. The van der Waals surface area contributed by atoms with Crippen LogP contribution in [0, 0.1) is 0 Å². The van der Waals surface area contributed by atoms with E-state index in [0.29, 0.717) is 17.8 Å². The Morgan fingerprint density at radius 2 is 1.83 bits per heavy atom. The average Bonchev–Trinajstić information content (AvgIpc) is 3.15. The second-order valence-electron chi connectivity index (χ2n) is 5.67. The summed E-state index contributed by atoms with van der Waals surface area (Å²) in [5.74, 6) is -0.108. The summed E-state index contributed by atoms with van der Waals surface area (Å²) in [6.45, 7) is 0.385. The number of fused-ring (bicyclic) bond motifs is 2. The van der Waals surface area contributed by atoms with Gasteiger partial charge in [0.1, 0.15) is 5.69 Å². The van der Waals surface area contributed by atoms with E-state index < -0.39 is 0 Å². The van der Waals surface area contributed by atoms with E-state index >= 15 is 0 Å². The van der Waals surface area contributed by atoms with E-state index in [4.69, 9.17) is 4.52 Å². The molecule has 0 spiro atoms. The molecule has 6 nitrogen and oxygen atoms in total. The quantitative estimate of drug-likeness (QED) is 0.627. The third-order valence-electron chi connectivity index (χ3n) is 4.07. The molecular weight excluding hydrogens is 304 g/mol. The van der Waals surface area contributed by atoms with Crippen LogP contribution in [0.15, 0.2) is 53.1 Å². The van der Waals surface area contributed by atoms with Crippen LogP contribution in [0.2, 0.25) is 0 Å². The van der Waals surface area contributed by atoms with Crippen LogP contribution in [0.1, 0.15) is 11.4 Å². The normalized spacial score (nSPS) is 11.2. The second kappa shape index (κ2) is 5.81. The molecular formula is C18H16N4O2. The molecule has 0 fully saturated rings. The fourth-order valence-electron chi connectivity index (χ4n) is 2.88. The van der Waals surface area contributed by atoms with Gasteiger partial charge < -0.3 is 9.84 Å². The highest BCUT2D eigenvalue weighted by Crippen LogP contribution is 2.19. The van der Waals surface area contributed by atoms with Gasteiger partial charge in [0, 0.05) is 17.8 Å². The first kappa shape index (κ1) is 14.4. The van der Waals surface area contributed by atoms with Gasteiger partial charge in [0.05, 0.1) is 24.2 Å². The zero-order valence-electron chi connectivity index (χ0n) is 13.2. The molecule has 0 radical (unpaired) electrons. The average molecular weight is 320 g/mol. The Morgan fingerprint density at radius 3 is 2.71 bits per heavy atom. The first-order chi connectivity index (χ1) is 11.7. The number of amides is 1. The maximum absolute atomic E-state index is 12.2. The van der Waals surface area contributed by atoms with Crippen LogP contribution in [-0.2, 0) is 24.8 Å². The van der Waals surface area contributed by atoms with Gasteiger partial charge in [-0.3, -0.25) is 9.48 Å². The van der Waals surface area contributed by atoms with Gasteiger partial charge in [0.15, 0.2) is 5.58 Å². The van der Waals surface area contributed by atoms with Crippen molar-refractivity contribution in [3.63, 3.8) is 0 Å². The van der Waals surface area contributed by atoms with Crippen LogP contribution in [0.3, 0.4) is 0 Å². The molecule has 0 atom stereocenters. The monoisotopic (exact) mass is 320 g/mol. The number of aryl methyl sites for hydroxylation is 1. The van der Waals surface area contributed by atoms with Gasteiger partial charge in [-0.15, -0.1) is 0 Å². The molecule has 0 saturated carbocycles. The van der Waals surface area contributed by atoms with Gasteiger partial charge in [0.25, 0.3) is 0 Å². The lowest BCUT2D eigenvalue weighted by atomic mass is 10.1. The number of rotatable bonds is 4. The number of carbonyl (C=O) groups excluding carboxylic acids is 1. The summed E-state index contributed by atoms with van der Waals surface area (Å²) in [5.41, 5.74) is 3.24. The molecule has 2 heterocycles. The van der Waals surface area contributed by atoms with Crippen LogP contribution >= 0.6 is 0 Å². The molecule has 120 valence electrons. The van der Waals surface area contributed by atoms with Crippen molar-refractivity contribution in [3.05, 3.63) is 59.9 Å². The lowest BCUT2D eigenvalue weighted by Gasteiger charge is -2.02. The lowest BCUT2D eigenvalue weighted by molar-refractivity contribution is -0.120. The minimum atomic E-state index is -0.108. The number of nitrogens with zero attached hydrogens (tertiary/aromatic N) is 3. The number of nitrogens with one attached hydrogen (secondary N) is 1. The largest absolute Gasteiger partial charge is 0.356 e. The molecule has 0 aliphatic heterocycles. The van der Waals surface area contributed by atoms with E-state index in [0.717, 1.165) is 22.0 Å². The minimum Gasteiger partial charge on any atom is -0.356 e. The Hall–Kier alpha value is -3.15. The van der Waals surface area contributed by atoms with Crippen molar-refractivity contribution < 1.29 is 9.32 Å². The van der Waals surface area contributed by atoms with Crippen LogP contribution in [0.25, 0.3) is 21.9 Å². The number of aromatic nitrogens is 3. The van der Waals surface area contributed by atoms with Gasteiger partial charge in [-0.05, 0) is 18.2 Å². The maximum Gasteiger partial charge on any atom is 0.226 e. The van der Waals surface area contributed by atoms with Crippen LogP contribution in [0.5, 0.6) is 0 Å². The molecule has 2 aromatic carbocycles. The van der Waals surface area contributed by atoms with E-state index in [1.165, 1.54) is 0 Å². The standard InChI is InChI=1S/C18H16N4O2/c1-22-16-8-4-2-6-12(16)15(20-22)11-19-18(23)10-14-13-7-3-5-9-17(13)24-21-14/h2-9H,10-11H2,1H3,(H,19,23). The smallest absolute Gasteiger partial charge is 0.226 e. The zero-order valence-corrected chi connectivity index (χ0v) is 13.2. The van der Waals surface area contributed by atoms with Crippen molar-refractivity contribution in [2.45, 2.75) is 13.0 Å². The van der Waals surface area contributed by atoms with Crippen LogP contribution in [0.4, 0.5) is 0 Å². The van der Waals surface area contributed by atoms with Gasteiger partial charge in [0.2, 0.25) is 5.91 Å². The number of carbonyl (C=O) groups is 1. The Kier molecular flexibility index (Phi) is 3.49. The summed E-state index contributed by atoms with van der Waals surface area (Å²) in [7, 11) is 1.90. The molecule has 0 aliphatic carbocycles. The van der Waals surface area contributed by atoms with Crippen molar-refractivity contribution in [2.24, 2.45) is 7.05 Å². The van der Waals surface area contributed by atoms with E-state index in [1.54, 1.807) is 0 Å². The van der Waals surface area contributed by atoms with Gasteiger partial charge in [-0.25, -0.2) is 0 Å². The summed E-state index contributed by atoms with van der Waals surface area (Å²) in [6.07, 6.45) is 0.182. The molecule has 2 aromatic heterocycles. The zero-order chi connectivity index (χ0) is 16.5. The highest BCUT2D eigenvalue weighted by atomic mass is 16.5. The van der Waals surface area contributed by atoms with Crippen molar-refractivity contribution >= 4 is 27.8 Å². The molecule has 0 saturated heterocycles. The van der Waals surface area contributed by atoms with Crippen molar-refractivity contribution in [1.29, 1.82) is 0 Å². The van der Waals surface area contributed by atoms with E-state index in [2.05, 4.69) is 15.6 Å². The minimum absolute atomic E-state index is 0.108. The molecule has 0 unspecified atom stereocenters. The topological polar surface area (TPSA) is 73.0 Å². The molecule has 4 rings (SSSR count). The molecule has 24 heavy (non-hydrogen) atoms. The predicted molar refractivity (Wildman–Crippen MR) is 90.3 cm³/mol. The lowest BCUT2D eigenvalue weighted by Crippen LogP contribution is -2.25. The van der Waals surface area contributed by atoms with Crippen molar-refractivity contribution in [2.75, 3.05) is 0 Å². The SMILES string of the molecule is Cn1nc(CNC(=O)Cc2noc3ccccc23)c2ccccc21. The summed E-state index contributed by atoms with van der Waals surface area (Å²) in [6, 6.07) is 15.5. The van der Waals surface area contributed by atoms with E-state index in [9.17, 15) is 4.79 Å². The van der Waals surface area contributed by atoms with E-state index in [1.807, 2.05) is 60.3 Å². The first-order valence-electron chi connectivity index (χ1n) is 7.73. The van der Waals surface area contributed by atoms with Gasteiger partial charge in [-0.1, -0.05) is 35.5 Å². The Labute approximate surface area is 138 Å². The highest BCUT2D eigenvalue weighted by Gasteiger charge is 2.13. The fraction of sp³-hybridized carbons (Fsp3) is 0.167. The highest BCUT2D eigenvalue weighted by molar-refractivity contribution is 5.87.